The molecule has 0 atom stereocenters. The maximum absolute atomic E-state index is 13.4. The zero-order chi connectivity index (χ0) is 13.1. The minimum absolute atomic E-state index is 0.0277. The van der Waals surface area contributed by atoms with Crippen LogP contribution in [0.15, 0.2) is 24.3 Å². The van der Waals surface area contributed by atoms with Gasteiger partial charge < -0.3 is 4.74 Å². The molecule has 0 unspecified atom stereocenters. The van der Waals surface area contributed by atoms with E-state index in [2.05, 4.69) is 9.97 Å². The minimum atomic E-state index is -0.646. The van der Waals surface area contributed by atoms with Crippen LogP contribution < -0.4 is 4.74 Å². The van der Waals surface area contributed by atoms with Crippen LogP contribution in [0.4, 0.5) is 4.39 Å². The molecule has 1 aromatic carbocycles. The fourth-order valence-corrected chi connectivity index (χ4v) is 1.58. The Hall–Kier alpha value is -2.19. The van der Waals surface area contributed by atoms with Crippen LogP contribution >= 0.6 is 11.6 Å². The maximum Gasteiger partial charge on any atom is 0.225 e. The number of hydrogen-bond acceptors (Lipinski definition) is 4. The molecule has 1 aromatic heterocycles. The van der Waals surface area contributed by atoms with Crippen molar-refractivity contribution in [3.8, 4) is 17.7 Å². The smallest absolute Gasteiger partial charge is 0.225 e. The fourth-order valence-electron chi connectivity index (χ4n) is 1.37. The Morgan fingerprint density at radius 1 is 1.39 bits per heavy atom. The zero-order valence-corrected chi connectivity index (χ0v) is 10.1. The van der Waals surface area contributed by atoms with E-state index >= 15 is 0 Å². The molecular weight excluding hydrogens is 257 g/mol. The van der Waals surface area contributed by atoms with Crippen LogP contribution in [0.5, 0.6) is 11.6 Å². The van der Waals surface area contributed by atoms with Gasteiger partial charge in [-0.2, -0.15) is 10.2 Å². The molecule has 1 heterocycles. The number of ether oxygens (including phenoxy) is 1. The predicted octanol–water partition coefficient (Wildman–Crippen LogP) is 3.24. The van der Waals surface area contributed by atoms with Crippen molar-refractivity contribution < 1.29 is 9.13 Å². The predicted molar refractivity (Wildman–Crippen MR) is 63.0 cm³/mol. The van der Waals surface area contributed by atoms with Crippen molar-refractivity contribution in [2.75, 3.05) is 0 Å². The Labute approximate surface area is 108 Å². The zero-order valence-electron chi connectivity index (χ0n) is 9.32. The second-order valence-electron chi connectivity index (χ2n) is 3.44. The van der Waals surface area contributed by atoms with Crippen LogP contribution in [-0.4, -0.2) is 9.97 Å². The van der Waals surface area contributed by atoms with Crippen LogP contribution in [-0.2, 0) is 0 Å². The van der Waals surface area contributed by atoms with Crippen LogP contribution in [0, 0.1) is 24.1 Å². The van der Waals surface area contributed by atoms with E-state index < -0.39 is 5.82 Å². The summed E-state index contributed by atoms with van der Waals surface area (Å²) in [6.45, 7) is 1.72. The number of aryl methyl sites for hydroxylation is 1. The van der Waals surface area contributed by atoms with Gasteiger partial charge in [-0.15, -0.1) is 0 Å². The van der Waals surface area contributed by atoms with Crippen LogP contribution in [0.3, 0.4) is 0 Å². The number of halogens is 2. The van der Waals surface area contributed by atoms with Crippen molar-refractivity contribution in [2.45, 2.75) is 6.92 Å². The summed E-state index contributed by atoms with van der Waals surface area (Å²) in [4.78, 5) is 7.71. The highest BCUT2D eigenvalue weighted by molar-refractivity contribution is 6.28. The van der Waals surface area contributed by atoms with E-state index in [0.717, 1.165) is 0 Å². The van der Waals surface area contributed by atoms with Crippen LogP contribution in [0.25, 0.3) is 0 Å². The van der Waals surface area contributed by atoms with Gasteiger partial charge in [-0.05, 0) is 30.7 Å². The van der Waals surface area contributed by atoms with Crippen LogP contribution in [0.2, 0.25) is 5.28 Å². The maximum atomic E-state index is 13.4. The van der Waals surface area contributed by atoms with Gasteiger partial charge in [-0.3, -0.25) is 0 Å². The average molecular weight is 264 g/mol. The SMILES string of the molecule is Cc1cc(Oc2cccc(F)c2C#N)nc(Cl)n1. The minimum Gasteiger partial charge on any atom is -0.437 e. The van der Waals surface area contributed by atoms with E-state index in [1.807, 2.05) is 0 Å². The largest absolute Gasteiger partial charge is 0.437 e. The van der Waals surface area contributed by atoms with E-state index in [4.69, 9.17) is 21.6 Å². The molecule has 0 N–H and O–H groups in total. The lowest BCUT2D eigenvalue weighted by Gasteiger charge is -2.07. The van der Waals surface area contributed by atoms with Crippen molar-refractivity contribution in [3.05, 3.63) is 46.6 Å². The van der Waals surface area contributed by atoms with Crippen LogP contribution in [0.1, 0.15) is 11.3 Å². The molecule has 4 nitrogen and oxygen atoms in total. The molecule has 0 aliphatic carbocycles. The number of benzene rings is 1. The van der Waals surface area contributed by atoms with Gasteiger partial charge in [0.25, 0.3) is 0 Å². The van der Waals surface area contributed by atoms with Gasteiger partial charge in [0.05, 0.1) is 0 Å². The summed E-state index contributed by atoms with van der Waals surface area (Å²) in [6, 6.07) is 7.39. The molecule has 6 heteroatoms. The molecule has 0 bridgehead atoms. The Morgan fingerprint density at radius 2 is 2.17 bits per heavy atom. The standard InChI is InChI=1S/C12H7ClFN3O/c1-7-5-11(17-12(13)16-7)18-10-4-2-3-9(14)8(10)6-15/h2-5H,1H3. The summed E-state index contributed by atoms with van der Waals surface area (Å²) in [5.41, 5.74) is 0.435. The fraction of sp³-hybridized carbons (Fsp3) is 0.0833. The third-order valence-corrected chi connectivity index (χ3v) is 2.27. The summed E-state index contributed by atoms with van der Waals surface area (Å²) >= 11 is 5.68. The first-order chi connectivity index (χ1) is 8.60. The van der Waals surface area contributed by atoms with Gasteiger partial charge in [0.2, 0.25) is 11.2 Å². The highest BCUT2D eigenvalue weighted by Gasteiger charge is 2.11. The molecule has 0 fully saturated rings. The van der Waals surface area contributed by atoms with E-state index in [0.29, 0.717) is 5.69 Å². The first-order valence-electron chi connectivity index (χ1n) is 4.98. The third-order valence-electron chi connectivity index (χ3n) is 2.11. The van der Waals surface area contributed by atoms with Gasteiger partial charge in [-0.25, -0.2) is 9.37 Å². The second kappa shape index (κ2) is 4.98. The van der Waals surface area contributed by atoms with Crippen molar-refractivity contribution in [2.24, 2.45) is 0 Å². The lowest BCUT2D eigenvalue weighted by molar-refractivity contribution is 0.454. The molecule has 0 radical (unpaired) electrons. The average Bonchev–Trinajstić information content (AvgIpc) is 2.27. The quantitative estimate of drug-likeness (QED) is 0.781. The summed E-state index contributed by atoms with van der Waals surface area (Å²) in [5, 5.41) is 8.89. The topological polar surface area (TPSA) is 58.8 Å². The monoisotopic (exact) mass is 263 g/mol. The summed E-state index contributed by atoms with van der Waals surface area (Å²) in [7, 11) is 0. The molecule has 0 aliphatic heterocycles. The Balaban J connectivity index is 2.40. The van der Waals surface area contributed by atoms with Gasteiger partial charge in [0.15, 0.2) is 0 Å². The van der Waals surface area contributed by atoms with Gasteiger partial charge in [-0.1, -0.05) is 6.07 Å². The van der Waals surface area contributed by atoms with Gasteiger partial charge in [0.1, 0.15) is 23.2 Å². The first kappa shape index (κ1) is 12.3. The summed E-state index contributed by atoms with van der Waals surface area (Å²) < 4.78 is 18.7. The van der Waals surface area contributed by atoms with E-state index in [-0.39, 0.29) is 22.5 Å². The Morgan fingerprint density at radius 3 is 2.83 bits per heavy atom. The highest BCUT2D eigenvalue weighted by atomic mass is 35.5. The number of aromatic nitrogens is 2. The molecule has 0 spiro atoms. The van der Waals surface area contributed by atoms with Gasteiger partial charge in [0, 0.05) is 11.8 Å². The number of hydrogen-bond donors (Lipinski definition) is 0. The Kier molecular flexibility index (Phi) is 3.40. The molecule has 2 rings (SSSR count). The number of nitrogens with zero attached hydrogens (tertiary/aromatic N) is 3. The van der Waals surface area contributed by atoms with Crippen molar-refractivity contribution in [1.29, 1.82) is 5.26 Å². The molecule has 2 aromatic rings. The van der Waals surface area contributed by atoms with Gasteiger partial charge >= 0.3 is 0 Å². The first-order valence-corrected chi connectivity index (χ1v) is 5.35. The molecule has 0 saturated carbocycles. The Bertz CT molecular complexity index is 619. The summed E-state index contributed by atoms with van der Waals surface area (Å²) in [5.74, 6) is -0.395. The highest BCUT2D eigenvalue weighted by Crippen LogP contribution is 2.26. The normalized spacial score (nSPS) is 9.89. The molecule has 90 valence electrons. The molecule has 0 amide bonds. The summed E-state index contributed by atoms with van der Waals surface area (Å²) in [6.07, 6.45) is 0. The van der Waals surface area contributed by atoms with Crippen molar-refractivity contribution in [3.63, 3.8) is 0 Å². The lowest BCUT2D eigenvalue weighted by Crippen LogP contribution is -1.95. The molecule has 0 saturated heterocycles. The molecule has 0 aliphatic rings. The number of rotatable bonds is 2. The molecule has 18 heavy (non-hydrogen) atoms. The third kappa shape index (κ3) is 2.55. The van der Waals surface area contributed by atoms with E-state index in [9.17, 15) is 4.39 Å². The van der Waals surface area contributed by atoms with E-state index in [1.165, 1.54) is 24.3 Å². The van der Waals surface area contributed by atoms with Crippen molar-refractivity contribution in [1.82, 2.24) is 9.97 Å². The second-order valence-corrected chi connectivity index (χ2v) is 3.78. The lowest BCUT2D eigenvalue weighted by atomic mass is 10.2. The van der Waals surface area contributed by atoms with E-state index in [1.54, 1.807) is 13.0 Å². The number of nitriles is 1. The molecular formula is C12H7ClFN3O. The van der Waals surface area contributed by atoms with Crippen molar-refractivity contribution >= 4 is 11.6 Å².